The zero-order valence-electron chi connectivity index (χ0n) is 12.5. The number of hydrogen-bond acceptors (Lipinski definition) is 3. The van der Waals surface area contributed by atoms with E-state index >= 15 is 0 Å². The maximum Gasteiger partial charge on any atom is 0.110 e. The molecule has 0 radical (unpaired) electrons. The molecule has 3 heteroatoms. The van der Waals surface area contributed by atoms with E-state index in [0.29, 0.717) is 11.3 Å². The first-order valence-electron chi connectivity index (χ1n) is 6.88. The normalized spacial score (nSPS) is 22.9. The topological polar surface area (TPSA) is 38.9 Å². The van der Waals surface area contributed by atoms with Crippen molar-refractivity contribution in [3.63, 3.8) is 0 Å². The molecular weight excluding hydrogens is 240 g/mol. The van der Waals surface area contributed by atoms with E-state index in [1.807, 2.05) is 11.3 Å². The molecule has 0 saturated carbocycles. The molecule has 0 saturated heterocycles. The first-order chi connectivity index (χ1) is 8.12. The van der Waals surface area contributed by atoms with Crippen molar-refractivity contribution in [3.8, 4) is 0 Å². The van der Waals surface area contributed by atoms with Crippen LogP contribution in [-0.2, 0) is 11.8 Å². The van der Waals surface area contributed by atoms with Gasteiger partial charge in [0.05, 0.1) is 11.7 Å². The Balaban J connectivity index is 2.42. The predicted molar refractivity (Wildman–Crippen MR) is 79.0 cm³/mol. The number of nitrogens with two attached hydrogens (primary N) is 1. The van der Waals surface area contributed by atoms with Crippen molar-refractivity contribution in [2.45, 2.75) is 65.8 Å². The van der Waals surface area contributed by atoms with Crippen LogP contribution in [-0.4, -0.2) is 4.98 Å². The van der Waals surface area contributed by atoms with Crippen molar-refractivity contribution in [2.75, 3.05) is 0 Å². The minimum atomic E-state index is 0.0829. The lowest BCUT2D eigenvalue weighted by Crippen LogP contribution is -2.33. The van der Waals surface area contributed by atoms with E-state index in [9.17, 15) is 0 Å². The van der Waals surface area contributed by atoms with E-state index in [2.05, 4.69) is 41.5 Å². The molecule has 1 heterocycles. The van der Waals surface area contributed by atoms with E-state index in [1.165, 1.54) is 17.0 Å². The maximum absolute atomic E-state index is 6.25. The second kappa shape index (κ2) is 4.31. The van der Waals surface area contributed by atoms with Crippen LogP contribution in [0.25, 0.3) is 0 Å². The molecular formula is C15H26N2S. The van der Waals surface area contributed by atoms with Crippen LogP contribution in [0.2, 0.25) is 0 Å². The second-order valence-electron chi connectivity index (χ2n) is 7.50. The molecule has 0 spiro atoms. The summed E-state index contributed by atoms with van der Waals surface area (Å²) in [5, 5.41) is 1.13. The molecule has 1 aromatic heterocycles. The summed E-state index contributed by atoms with van der Waals surface area (Å²) < 4.78 is 0. The Hall–Kier alpha value is -0.410. The molecule has 1 atom stereocenters. The van der Waals surface area contributed by atoms with Gasteiger partial charge < -0.3 is 5.73 Å². The highest BCUT2D eigenvalue weighted by molar-refractivity contribution is 7.12. The fourth-order valence-electron chi connectivity index (χ4n) is 3.24. The standard InChI is InChI=1S/C15H26N2S/c1-9(2)11(16)13-17-10-7-14(3,4)8-15(5,6)12(10)18-13/h9,11H,7-8,16H2,1-6H3. The maximum atomic E-state index is 6.25. The number of fused-ring (bicyclic) bond motifs is 1. The van der Waals surface area contributed by atoms with Gasteiger partial charge in [-0.3, -0.25) is 0 Å². The van der Waals surface area contributed by atoms with Crippen molar-refractivity contribution in [1.82, 2.24) is 4.98 Å². The SMILES string of the molecule is CC(C)C(N)c1nc2c(s1)C(C)(C)CC(C)(C)C2. The monoisotopic (exact) mass is 266 g/mol. The predicted octanol–water partition coefficient (Wildman–Crippen LogP) is 4.05. The van der Waals surface area contributed by atoms with Gasteiger partial charge in [-0.15, -0.1) is 11.3 Å². The van der Waals surface area contributed by atoms with Gasteiger partial charge in [0, 0.05) is 10.3 Å². The molecule has 2 nitrogen and oxygen atoms in total. The smallest absolute Gasteiger partial charge is 0.110 e. The van der Waals surface area contributed by atoms with Crippen LogP contribution in [0.5, 0.6) is 0 Å². The molecule has 1 unspecified atom stereocenters. The first kappa shape index (κ1) is 14.0. The average molecular weight is 266 g/mol. The number of thiazole rings is 1. The van der Waals surface area contributed by atoms with Crippen LogP contribution in [0.1, 0.15) is 69.6 Å². The van der Waals surface area contributed by atoms with E-state index < -0.39 is 0 Å². The van der Waals surface area contributed by atoms with Crippen molar-refractivity contribution >= 4 is 11.3 Å². The fourth-order valence-corrected chi connectivity index (χ4v) is 4.60. The minimum absolute atomic E-state index is 0.0829. The Morgan fingerprint density at radius 1 is 1.22 bits per heavy atom. The summed E-state index contributed by atoms with van der Waals surface area (Å²) in [5.74, 6) is 0.453. The number of hydrogen-bond donors (Lipinski definition) is 1. The summed E-state index contributed by atoms with van der Waals surface area (Å²) in [7, 11) is 0. The highest BCUT2D eigenvalue weighted by Crippen LogP contribution is 2.48. The van der Waals surface area contributed by atoms with E-state index in [4.69, 9.17) is 10.7 Å². The van der Waals surface area contributed by atoms with Crippen LogP contribution in [0.15, 0.2) is 0 Å². The summed E-state index contributed by atoms with van der Waals surface area (Å²) in [5.41, 5.74) is 8.14. The van der Waals surface area contributed by atoms with Gasteiger partial charge >= 0.3 is 0 Å². The lowest BCUT2D eigenvalue weighted by Gasteiger charge is -2.39. The summed E-state index contributed by atoms with van der Waals surface area (Å²) >= 11 is 1.84. The molecule has 2 N–H and O–H groups in total. The molecule has 0 fully saturated rings. The Bertz CT molecular complexity index is 443. The summed E-state index contributed by atoms with van der Waals surface area (Å²) in [6, 6.07) is 0.0829. The quantitative estimate of drug-likeness (QED) is 0.877. The van der Waals surface area contributed by atoms with Crippen LogP contribution >= 0.6 is 11.3 Å². The van der Waals surface area contributed by atoms with Crippen molar-refractivity contribution in [3.05, 3.63) is 15.6 Å². The third-order valence-electron chi connectivity index (χ3n) is 3.90. The van der Waals surface area contributed by atoms with E-state index in [0.717, 1.165) is 11.4 Å². The van der Waals surface area contributed by atoms with E-state index in [-0.39, 0.29) is 11.5 Å². The van der Waals surface area contributed by atoms with Crippen molar-refractivity contribution in [2.24, 2.45) is 17.1 Å². The van der Waals surface area contributed by atoms with Gasteiger partial charge in [-0.1, -0.05) is 41.5 Å². The van der Waals surface area contributed by atoms with Gasteiger partial charge in [0.2, 0.25) is 0 Å². The molecule has 1 aliphatic carbocycles. The summed E-state index contributed by atoms with van der Waals surface area (Å²) in [6.45, 7) is 13.7. The molecule has 1 aliphatic rings. The Morgan fingerprint density at radius 2 is 1.83 bits per heavy atom. The van der Waals surface area contributed by atoms with Gasteiger partial charge in [0.25, 0.3) is 0 Å². The van der Waals surface area contributed by atoms with Crippen LogP contribution in [0.3, 0.4) is 0 Å². The number of nitrogens with zero attached hydrogens (tertiary/aromatic N) is 1. The highest BCUT2D eigenvalue weighted by atomic mass is 32.1. The molecule has 0 bridgehead atoms. The Morgan fingerprint density at radius 3 is 2.39 bits per heavy atom. The van der Waals surface area contributed by atoms with Gasteiger partial charge in [0.1, 0.15) is 5.01 Å². The molecule has 0 aromatic carbocycles. The van der Waals surface area contributed by atoms with Gasteiger partial charge in [0.15, 0.2) is 0 Å². The van der Waals surface area contributed by atoms with Crippen LogP contribution < -0.4 is 5.73 Å². The summed E-state index contributed by atoms with van der Waals surface area (Å²) in [6.07, 6.45) is 2.32. The lowest BCUT2D eigenvalue weighted by atomic mass is 9.67. The first-order valence-corrected chi connectivity index (χ1v) is 7.70. The van der Waals surface area contributed by atoms with Crippen LogP contribution in [0.4, 0.5) is 0 Å². The zero-order chi connectivity index (χ0) is 13.7. The lowest BCUT2D eigenvalue weighted by molar-refractivity contribution is 0.232. The molecule has 1 aromatic rings. The Kier molecular flexibility index (Phi) is 3.35. The van der Waals surface area contributed by atoms with Gasteiger partial charge in [-0.25, -0.2) is 4.98 Å². The fraction of sp³-hybridized carbons (Fsp3) is 0.800. The molecule has 0 amide bonds. The van der Waals surface area contributed by atoms with Crippen LogP contribution in [0, 0.1) is 11.3 Å². The summed E-state index contributed by atoms with van der Waals surface area (Å²) in [4.78, 5) is 6.32. The largest absolute Gasteiger partial charge is 0.322 e. The van der Waals surface area contributed by atoms with E-state index in [1.54, 1.807) is 0 Å². The van der Waals surface area contributed by atoms with Gasteiger partial charge in [-0.2, -0.15) is 0 Å². The number of rotatable bonds is 2. The van der Waals surface area contributed by atoms with Crippen molar-refractivity contribution < 1.29 is 0 Å². The number of aromatic nitrogens is 1. The van der Waals surface area contributed by atoms with Gasteiger partial charge in [-0.05, 0) is 24.2 Å². The average Bonchev–Trinajstić information content (AvgIpc) is 2.57. The molecule has 102 valence electrons. The Labute approximate surface area is 115 Å². The molecule has 18 heavy (non-hydrogen) atoms. The highest BCUT2D eigenvalue weighted by Gasteiger charge is 2.40. The third-order valence-corrected chi connectivity index (χ3v) is 5.46. The third kappa shape index (κ3) is 2.48. The zero-order valence-corrected chi connectivity index (χ0v) is 13.3. The second-order valence-corrected chi connectivity index (χ2v) is 8.53. The molecule has 0 aliphatic heterocycles. The molecule has 2 rings (SSSR count). The van der Waals surface area contributed by atoms with Crippen molar-refractivity contribution in [1.29, 1.82) is 0 Å². The minimum Gasteiger partial charge on any atom is -0.322 e.